The fourth-order valence-corrected chi connectivity index (χ4v) is 1.91. The van der Waals surface area contributed by atoms with Gasteiger partial charge in [-0.1, -0.05) is 12.1 Å². The molecule has 1 fully saturated rings. The monoisotopic (exact) mass is 206 g/mol. The van der Waals surface area contributed by atoms with Crippen molar-refractivity contribution in [3.05, 3.63) is 35.4 Å². The van der Waals surface area contributed by atoms with Gasteiger partial charge in [-0.25, -0.2) is 4.79 Å². The van der Waals surface area contributed by atoms with Gasteiger partial charge < -0.3 is 9.84 Å². The summed E-state index contributed by atoms with van der Waals surface area (Å²) in [5.41, 5.74) is 1.46. The molecular weight excluding hydrogens is 192 g/mol. The minimum atomic E-state index is -0.862. The highest BCUT2D eigenvalue weighted by Crippen LogP contribution is 2.18. The van der Waals surface area contributed by atoms with Gasteiger partial charge in [0.1, 0.15) is 0 Å². The number of carboxylic acid groups (broad SMARTS) is 1. The number of carbonyl (C=O) groups is 1. The Morgan fingerprint density at radius 1 is 1.53 bits per heavy atom. The van der Waals surface area contributed by atoms with Crippen LogP contribution in [0.1, 0.15) is 22.3 Å². The van der Waals surface area contributed by atoms with E-state index in [2.05, 4.69) is 0 Å². The van der Waals surface area contributed by atoms with Crippen molar-refractivity contribution in [1.82, 2.24) is 0 Å². The highest BCUT2D eigenvalue weighted by Gasteiger charge is 2.16. The van der Waals surface area contributed by atoms with Gasteiger partial charge in [-0.2, -0.15) is 0 Å². The van der Waals surface area contributed by atoms with E-state index in [1.165, 1.54) is 0 Å². The lowest BCUT2D eigenvalue weighted by Crippen LogP contribution is -2.05. The van der Waals surface area contributed by atoms with Crippen molar-refractivity contribution in [3.8, 4) is 0 Å². The van der Waals surface area contributed by atoms with Gasteiger partial charge in [-0.05, 0) is 36.5 Å². The number of rotatable bonds is 3. The summed E-state index contributed by atoms with van der Waals surface area (Å²) in [6.07, 6.45) is 2.00. The molecule has 15 heavy (non-hydrogen) atoms. The summed E-state index contributed by atoms with van der Waals surface area (Å²) in [6, 6.07) is 7.15. The van der Waals surface area contributed by atoms with E-state index in [0.717, 1.165) is 31.6 Å². The lowest BCUT2D eigenvalue weighted by Gasteiger charge is -2.07. The highest BCUT2D eigenvalue weighted by atomic mass is 16.5. The Bertz CT molecular complexity index is 354. The third-order valence-corrected chi connectivity index (χ3v) is 2.72. The smallest absolute Gasteiger partial charge is 0.335 e. The summed E-state index contributed by atoms with van der Waals surface area (Å²) in [7, 11) is 0. The lowest BCUT2D eigenvalue weighted by molar-refractivity contribution is 0.0696. The zero-order valence-corrected chi connectivity index (χ0v) is 8.48. The van der Waals surface area contributed by atoms with Crippen molar-refractivity contribution in [2.24, 2.45) is 5.92 Å². The van der Waals surface area contributed by atoms with Gasteiger partial charge in [0.15, 0.2) is 0 Å². The molecule has 1 unspecified atom stereocenters. The average Bonchev–Trinajstić information content (AvgIpc) is 2.71. The standard InChI is InChI=1S/C12H14O3/c13-12(14)11-3-1-2-9(7-11)6-10-4-5-15-8-10/h1-3,7,10H,4-6,8H2,(H,13,14). The molecule has 0 aromatic heterocycles. The molecule has 1 aliphatic rings. The van der Waals surface area contributed by atoms with Gasteiger partial charge in [-0.3, -0.25) is 0 Å². The summed E-state index contributed by atoms with van der Waals surface area (Å²) < 4.78 is 5.29. The van der Waals surface area contributed by atoms with E-state index in [1.807, 2.05) is 6.07 Å². The number of carboxylic acids is 1. The summed E-state index contributed by atoms with van der Waals surface area (Å²) >= 11 is 0. The third-order valence-electron chi connectivity index (χ3n) is 2.72. The van der Waals surface area contributed by atoms with Crippen LogP contribution < -0.4 is 0 Å². The first-order chi connectivity index (χ1) is 7.25. The second-order valence-corrected chi connectivity index (χ2v) is 3.94. The Balaban J connectivity index is 2.07. The molecule has 2 rings (SSSR count). The van der Waals surface area contributed by atoms with Gasteiger partial charge in [0, 0.05) is 13.2 Å². The third kappa shape index (κ3) is 2.57. The fraction of sp³-hybridized carbons (Fsp3) is 0.417. The predicted molar refractivity (Wildman–Crippen MR) is 56.0 cm³/mol. The van der Waals surface area contributed by atoms with Gasteiger partial charge in [-0.15, -0.1) is 0 Å². The van der Waals surface area contributed by atoms with Crippen molar-refractivity contribution in [2.45, 2.75) is 12.8 Å². The number of aromatic carboxylic acids is 1. The van der Waals surface area contributed by atoms with Crippen LogP contribution >= 0.6 is 0 Å². The largest absolute Gasteiger partial charge is 0.478 e. The zero-order valence-electron chi connectivity index (χ0n) is 8.48. The SMILES string of the molecule is O=C(O)c1cccc(CC2CCOC2)c1. The maximum atomic E-state index is 10.8. The Morgan fingerprint density at radius 3 is 3.07 bits per heavy atom. The van der Waals surface area contributed by atoms with Gasteiger partial charge in [0.25, 0.3) is 0 Å². The van der Waals surface area contributed by atoms with Crippen LogP contribution in [0.25, 0.3) is 0 Å². The molecule has 0 radical (unpaired) electrons. The summed E-state index contributed by atoms with van der Waals surface area (Å²) in [6.45, 7) is 1.64. The first kappa shape index (κ1) is 10.2. The first-order valence-corrected chi connectivity index (χ1v) is 5.15. The fourth-order valence-electron chi connectivity index (χ4n) is 1.91. The zero-order chi connectivity index (χ0) is 10.7. The summed E-state index contributed by atoms with van der Waals surface area (Å²) in [4.78, 5) is 10.8. The Hall–Kier alpha value is -1.35. The average molecular weight is 206 g/mol. The molecule has 80 valence electrons. The molecule has 0 amide bonds. The quantitative estimate of drug-likeness (QED) is 0.822. The second kappa shape index (κ2) is 4.45. The lowest BCUT2D eigenvalue weighted by atomic mass is 9.97. The summed E-state index contributed by atoms with van der Waals surface area (Å²) in [5.74, 6) is -0.312. The number of hydrogen-bond acceptors (Lipinski definition) is 2. The molecule has 1 aromatic rings. The molecule has 1 aliphatic heterocycles. The van der Waals surface area contributed by atoms with Crippen LogP contribution in [-0.2, 0) is 11.2 Å². The van der Waals surface area contributed by atoms with Crippen molar-refractivity contribution in [3.63, 3.8) is 0 Å². The van der Waals surface area contributed by atoms with Gasteiger partial charge >= 0.3 is 5.97 Å². The molecule has 1 saturated heterocycles. The molecule has 0 bridgehead atoms. The van der Waals surface area contributed by atoms with Gasteiger partial charge in [0.2, 0.25) is 0 Å². The van der Waals surface area contributed by atoms with Crippen LogP contribution in [0.5, 0.6) is 0 Å². The molecular formula is C12H14O3. The predicted octanol–water partition coefficient (Wildman–Crippen LogP) is 1.96. The van der Waals surface area contributed by atoms with Crippen LogP contribution in [0, 0.1) is 5.92 Å². The van der Waals surface area contributed by atoms with Crippen molar-refractivity contribution >= 4 is 5.97 Å². The Labute approximate surface area is 88.7 Å². The molecule has 1 heterocycles. The van der Waals surface area contributed by atoms with Gasteiger partial charge in [0.05, 0.1) is 5.56 Å². The van der Waals surface area contributed by atoms with E-state index in [0.29, 0.717) is 11.5 Å². The minimum absolute atomic E-state index is 0.367. The van der Waals surface area contributed by atoms with E-state index >= 15 is 0 Å². The van der Waals surface area contributed by atoms with Crippen LogP contribution in [0.4, 0.5) is 0 Å². The van der Waals surface area contributed by atoms with Crippen LogP contribution in [0.3, 0.4) is 0 Å². The molecule has 1 aromatic carbocycles. The van der Waals surface area contributed by atoms with E-state index in [-0.39, 0.29) is 0 Å². The maximum absolute atomic E-state index is 10.8. The molecule has 1 N–H and O–H groups in total. The number of benzene rings is 1. The molecule has 0 aliphatic carbocycles. The van der Waals surface area contributed by atoms with Crippen molar-refractivity contribution in [2.75, 3.05) is 13.2 Å². The Kier molecular flexibility index (Phi) is 3.02. The van der Waals surface area contributed by atoms with E-state index in [9.17, 15) is 4.79 Å². The van der Waals surface area contributed by atoms with Crippen molar-refractivity contribution in [1.29, 1.82) is 0 Å². The van der Waals surface area contributed by atoms with Crippen LogP contribution in [-0.4, -0.2) is 24.3 Å². The Morgan fingerprint density at radius 2 is 2.40 bits per heavy atom. The normalized spacial score (nSPS) is 20.4. The second-order valence-electron chi connectivity index (χ2n) is 3.94. The number of hydrogen-bond donors (Lipinski definition) is 1. The molecule has 0 spiro atoms. The summed E-state index contributed by atoms with van der Waals surface area (Å²) in [5, 5.41) is 8.85. The van der Waals surface area contributed by atoms with E-state index < -0.39 is 5.97 Å². The van der Waals surface area contributed by atoms with Crippen LogP contribution in [0.15, 0.2) is 24.3 Å². The minimum Gasteiger partial charge on any atom is -0.478 e. The van der Waals surface area contributed by atoms with E-state index in [1.54, 1.807) is 18.2 Å². The van der Waals surface area contributed by atoms with E-state index in [4.69, 9.17) is 9.84 Å². The molecule has 1 atom stereocenters. The topological polar surface area (TPSA) is 46.5 Å². The molecule has 0 saturated carbocycles. The molecule has 3 heteroatoms. The first-order valence-electron chi connectivity index (χ1n) is 5.15. The maximum Gasteiger partial charge on any atom is 0.335 e. The van der Waals surface area contributed by atoms with Crippen LogP contribution in [0.2, 0.25) is 0 Å². The van der Waals surface area contributed by atoms with Crippen molar-refractivity contribution < 1.29 is 14.6 Å². The highest BCUT2D eigenvalue weighted by molar-refractivity contribution is 5.87. The number of ether oxygens (including phenoxy) is 1. The molecule has 3 nitrogen and oxygen atoms in total.